The number of hydrogen-bond acceptors (Lipinski definition) is 4. The van der Waals surface area contributed by atoms with Gasteiger partial charge in [-0.15, -0.1) is 0 Å². The third kappa shape index (κ3) is 1.70. The summed E-state index contributed by atoms with van der Waals surface area (Å²) in [4.78, 5) is 0. The molecular formula is C4H11N3O. The van der Waals surface area contributed by atoms with Crippen LogP contribution >= 0.6 is 0 Å². The smallest absolute Gasteiger partial charge is 0.115 e. The van der Waals surface area contributed by atoms with Gasteiger partial charge >= 0.3 is 0 Å². The molecule has 7 N–H and O–H groups in total. The van der Waals surface area contributed by atoms with Crippen LogP contribution < -0.4 is 17.2 Å². The van der Waals surface area contributed by atoms with Crippen LogP contribution in [0.2, 0.25) is 0 Å². The van der Waals surface area contributed by atoms with E-state index in [1.165, 1.54) is 6.92 Å². The number of aliphatic hydroxyl groups excluding tert-OH is 1. The van der Waals surface area contributed by atoms with Gasteiger partial charge in [0, 0.05) is 0 Å². The van der Waals surface area contributed by atoms with Gasteiger partial charge in [0.1, 0.15) is 5.82 Å². The van der Waals surface area contributed by atoms with Crippen molar-refractivity contribution in [2.75, 3.05) is 0 Å². The van der Waals surface area contributed by atoms with Crippen molar-refractivity contribution < 1.29 is 5.11 Å². The van der Waals surface area contributed by atoms with Gasteiger partial charge in [-0.2, -0.15) is 0 Å². The van der Waals surface area contributed by atoms with Gasteiger partial charge in [0.15, 0.2) is 0 Å². The normalized spacial score (nSPS) is 12.8. The lowest BCUT2D eigenvalue weighted by Crippen LogP contribution is -2.24. The highest BCUT2D eigenvalue weighted by Crippen LogP contribution is 1.90. The fraction of sp³-hybridized carbons (Fsp3) is 0.500. The monoisotopic (exact) mass is 117 g/mol. The molecule has 0 saturated heterocycles. The van der Waals surface area contributed by atoms with Crippen LogP contribution in [-0.2, 0) is 0 Å². The van der Waals surface area contributed by atoms with Crippen molar-refractivity contribution in [3.63, 3.8) is 0 Å². The van der Waals surface area contributed by atoms with Gasteiger partial charge in [0.2, 0.25) is 0 Å². The average Bonchev–Trinajstić information content (AvgIpc) is 1.64. The Balaban J connectivity index is 4.00. The predicted octanol–water partition coefficient (Wildman–Crippen LogP) is -1.59. The number of rotatable bonds is 1. The van der Waals surface area contributed by atoms with E-state index < -0.39 is 6.10 Å². The summed E-state index contributed by atoms with van der Waals surface area (Å²) in [6, 6.07) is 0. The van der Waals surface area contributed by atoms with E-state index in [9.17, 15) is 0 Å². The maximum atomic E-state index is 8.65. The van der Waals surface area contributed by atoms with Crippen molar-refractivity contribution in [3.05, 3.63) is 11.5 Å². The van der Waals surface area contributed by atoms with Crippen LogP contribution in [0.15, 0.2) is 11.5 Å². The fourth-order valence-corrected chi connectivity index (χ4v) is 0.241. The molecule has 0 aliphatic carbocycles. The second kappa shape index (κ2) is 2.42. The predicted molar refractivity (Wildman–Crippen MR) is 31.3 cm³/mol. The summed E-state index contributed by atoms with van der Waals surface area (Å²) in [7, 11) is 0. The quantitative estimate of drug-likeness (QED) is 0.333. The van der Waals surface area contributed by atoms with E-state index in [1.54, 1.807) is 0 Å². The van der Waals surface area contributed by atoms with Crippen LogP contribution in [0, 0.1) is 0 Å². The Morgan fingerprint density at radius 3 is 1.75 bits per heavy atom. The highest BCUT2D eigenvalue weighted by molar-refractivity contribution is 5.06. The Morgan fingerprint density at radius 2 is 1.75 bits per heavy atom. The van der Waals surface area contributed by atoms with Gasteiger partial charge in [0.05, 0.1) is 11.8 Å². The highest BCUT2D eigenvalue weighted by Gasteiger charge is 2.00. The average molecular weight is 117 g/mol. The van der Waals surface area contributed by atoms with Crippen LogP contribution in [0.4, 0.5) is 0 Å². The van der Waals surface area contributed by atoms with Crippen molar-refractivity contribution >= 4 is 0 Å². The molecule has 0 aromatic carbocycles. The molecular weight excluding hydrogens is 106 g/mol. The van der Waals surface area contributed by atoms with Crippen LogP contribution in [0.1, 0.15) is 6.92 Å². The first-order valence-corrected chi connectivity index (χ1v) is 2.24. The molecule has 4 nitrogen and oxygen atoms in total. The molecule has 0 aromatic rings. The van der Waals surface area contributed by atoms with E-state index in [0.717, 1.165) is 0 Å². The summed E-state index contributed by atoms with van der Waals surface area (Å²) in [6.07, 6.45) is -0.750. The minimum atomic E-state index is -0.750. The minimum Gasteiger partial charge on any atom is -0.397 e. The maximum Gasteiger partial charge on any atom is 0.115 e. The number of hydrogen-bond donors (Lipinski definition) is 4. The first-order chi connectivity index (χ1) is 3.55. The summed E-state index contributed by atoms with van der Waals surface area (Å²) in [6.45, 7) is 1.50. The molecule has 48 valence electrons. The Morgan fingerprint density at radius 1 is 1.38 bits per heavy atom. The minimum absolute atomic E-state index is 0.0139. The maximum absolute atomic E-state index is 8.65. The van der Waals surface area contributed by atoms with Crippen molar-refractivity contribution in [2.24, 2.45) is 17.2 Å². The molecule has 0 aromatic heterocycles. The van der Waals surface area contributed by atoms with Crippen molar-refractivity contribution in [1.29, 1.82) is 0 Å². The summed E-state index contributed by atoms with van der Waals surface area (Å²) in [5.41, 5.74) is 15.3. The van der Waals surface area contributed by atoms with Gasteiger partial charge in [-0.25, -0.2) is 0 Å². The van der Waals surface area contributed by atoms with E-state index in [-0.39, 0.29) is 11.5 Å². The molecule has 1 unspecified atom stereocenters. The van der Waals surface area contributed by atoms with E-state index in [0.29, 0.717) is 0 Å². The molecule has 0 aliphatic rings. The van der Waals surface area contributed by atoms with Gasteiger partial charge in [-0.3, -0.25) is 0 Å². The molecule has 0 amide bonds. The lowest BCUT2D eigenvalue weighted by molar-refractivity contribution is 0.228. The summed E-state index contributed by atoms with van der Waals surface area (Å²) in [5, 5.41) is 8.65. The molecule has 0 spiro atoms. The Bertz CT molecular complexity index is 104. The second-order valence-electron chi connectivity index (χ2n) is 1.59. The standard InChI is InChI=1S/C4H11N3O/c1-2(8)3(5)4(6)7/h2,8H,5-7H2,1H3. The van der Waals surface area contributed by atoms with Crippen LogP contribution in [-0.4, -0.2) is 11.2 Å². The SMILES string of the molecule is CC(O)C(N)=C(N)N. The second-order valence-corrected chi connectivity index (χ2v) is 1.59. The molecule has 0 saturated carbocycles. The number of aliphatic hydroxyl groups is 1. The highest BCUT2D eigenvalue weighted by atomic mass is 16.3. The zero-order chi connectivity index (χ0) is 6.73. The largest absolute Gasteiger partial charge is 0.397 e. The van der Waals surface area contributed by atoms with Gasteiger partial charge in [-0.1, -0.05) is 0 Å². The van der Waals surface area contributed by atoms with Gasteiger partial charge in [0.25, 0.3) is 0 Å². The molecule has 0 fully saturated rings. The van der Waals surface area contributed by atoms with Crippen LogP contribution in [0.5, 0.6) is 0 Å². The lowest BCUT2D eigenvalue weighted by Gasteiger charge is -2.04. The zero-order valence-corrected chi connectivity index (χ0v) is 4.76. The third-order valence-corrected chi connectivity index (χ3v) is 0.783. The topological polar surface area (TPSA) is 98.3 Å². The summed E-state index contributed by atoms with van der Waals surface area (Å²) in [5.74, 6) is -0.0139. The van der Waals surface area contributed by atoms with Gasteiger partial charge in [-0.05, 0) is 6.92 Å². The molecule has 1 atom stereocenters. The molecule has 0 aliphatic heterocycles. The molecule has 0 radical (unpaired) electrons. The Kier molecular flexibility index (Phi) is 2.15. The first-order valence-electron chi connectivity index (χ1n) is 2.24. The van der Waals surface area contributed by atoms with Crippen molar-refractivity contribution in [3.8, 4) is 0 Å². The van der Waals surface area contributed by atoms with Crippen molar-refractivity contribution in [2.45, 2.75) is 13.0 Å². The van der Waals surface area contributed by atoms with E-state index in [1.807, 2.05) is 0 Å². The lowest BCUT2D eigenvalue weighted by atomic mass is 10.3. The van der Waals surface area contributed by atoms with Crippen LogP contribution in [0.3, 0.4) is 0 Å². The summed E-state index contributed by atoms with van der Waals surface area (Å²) >= 11 is 0. The van der Waals surface area contributed by atoms with Crippen molar-refractivity contribution in [1.82, 2.24) is 0 Å². The van der Waals surface area contributed by atoms with Gasteiger partial charge < -0.3 is 22.3 Å². The van der Waals surface area contributed by atoms with E-state index >= 15 is 0 Å². The Hall–Kier alpha value is -0.900. The first kappa shape index (κ1) is 7.10. The summed E-state index contributed by atoms with van der Waals surface area (Å²) < 4.78 is 0. The molecule has 4 heteroatoms. The zero-order valence-electron chi connectivity index (χ0n) is 4.76. The molecule has 0 rings (SSSR count). The van der Waals surface area contributed by atoms with E-state index in [4.69, 9.17) is 22.3 Å². The van der Waals surface area contributed by atoms with E-state index in [2.05, 4.69) is 0 Å². The number of nitrogens with two attached hydrogens (primary N) is 3. The molecule has 0 bridgehead atoms. The third-order valence-electron chi connectivity index (χ3n) is 0.783. The van der Waals surface area contributed by atoms with Crippen LogP contribution in [0.25, 0.3) is 0 Å². The Labute approximate surface area is 48.0 Å². The molecule has 8 heavy (non-hydrogen) atoms. The fourth-order valence-electron chi connectivity index (χ4n) is 0.241. The molecule has 0 heterocycles.